The van der Waals surface area contributed by atoms with Gasteiger partial charge in [-0.2, -0.15) is 4.31 Å². The van der Waals surface area contributed by atoms with Crippen LogP contribution in [-0.4, -0.2) is 50.9 Å². The van der Waals surface area contributed by atoms with E-state index >= 15 is 0 Å². The molecule has 0 saturated heterocycles. The molecule has 0 N–H and O–H groups in total. The molecule has 0 aliphatic carbocycles. The van der Waals surface area contributed by atoms with Gasteiger partial charge in [0.1, 0.15) is 6.04 Å². The van der Waals surface area contributed by atoms with E-state index in [2.05, 4.69) is 0 Å². The number of amides is 1. The first-order valence-electron chi connectivity index (χ1n) is 5.44. The van der Waals surface area contributed by atoms with Gasteiger partial charge in [0, 0.05) is 21.1 Å². The fourth-order valence-electron chi connectivity index (χ4n) is 1.58. The minimum absolute atomic E-state index is 0.269. The largest absolute Gasteiger partial charge is 0.347 e. The van der Waals surface area contributed by atoms with Crippen LogP contribution in [0.2, 0.25) is 0 Å². The molecule has 1 amide bonds. The minimum atomic E-state index is -3.44. The average Bonchev–Trinajstić information content (AvgIpc) is 2.29. The topological polar surface area (TPSA) is 57.7 Å². The first kappa shape index (κ1) is 14.7. The van der Waals surface area contributed by atoms with E-state index < -0.39 is 16.1 Å². The lowest BCUT2D eigenvalue weighted by molar-refractivity contribution is -0.132. The fraction of sp³-hybridized carbons (Fsp3) is 0.417. The number of hydrogen-bond acceptors (Lipinski definition) is 3. The van der Waals surface area contributed by atoms with E-state index in [-0.39, 0.29) is 5.91 Å². The maximum absolute atomic E-state index is 12.2. The van der Waals surface area contributed by atoms with Gasteiger partial charge in [-0.1, -0.05) is 30.3 Å². The molecule has 0 radical (unpaired) electrons. The van der Waals surface area contributed by atoms with Crippen LogP contribution in [0.3, 0.4) is 0 Å². The molecule has 1 aromatic rings. The number of rotatable bonds is 4. The van der Waals surface area contributed by atoms with Crippen LogP contribution in [0.5, 0.6) is 0 Å². The second-order valence-electron chi connectivity index (χ2n) is 4.33. The first-order chi connectivity index (χ1) is 8.25. The molecule has 0 fully saturated rings. The van der Waals surface area contributed by atoms with E-state index in [1.807, 2.05) is 6.07 Å². The van der Waals surface area contributed by atoms with Crippen molar-refractivity contribution in [1.29, 1.82) is 0 Å². The first-order valence-corrected chi connectivity index (χ1v) is 7.29. The highest BCUT2D eigenvalue weighted by Crippen LogP contribution is 2.23. The van der Waals surface area contributed by atoms with E-state index in [4.69, 9.17) is 0 Å². The molecule has 0 aromatic heterocycles. The summed E-state index contributed by atoms with van der Waals surface area (Å²) in [6, 6.07) is 8.04. The molecule has 1 atom stereocenters. The Morgan fingerprint density at radius 3 is 2.00 bits per heavy atom. The summed E-state index contributed by atoms with van der Waals surface area (Å²) in [5, 5.41) is 0. The van der Waals surface area contributed by atoms with Crippen molar-refractivity contribution < 1.29 is 13.2 Å². The summed E-state index contributed by atoms with van der Waals surface area (Å²) in [4.78, 5) is 13.5. The zero-order chi connectivity index (χ0) is 13.9. The molecule has 6 heteroatoms. The SMILES string of the molecule is CN(C)C(=O)[C@H](c1ccccc1)N(C)S(C)(=O)=O. The molecule has 100 valence electrons. The highest BCUT2D eigenvalue weighted by atomic mass is 32.2. The summed E-state index contributed by atoms with van der Waals surface area (Å²) in [5.74, 6) is -0.269. The van der Waals surface area contributed by atoms with Crippen molar-refractivity contribution in [3.05, 3.63) is 35.9 Å². The summed E-state index contributed by atoms with van der Waals surface area (Å²) in [5.41, 5.74) is 0.657. The molecule has 5 nitrogen and oxygen atoms in total. The lowest BCUT2D eigenvalue weighted by Crippen LogP contribution is -2.40. The van der Waals surface area contributed by atoms with Gasteiger partial charge in [-0.25, -0.2) is 8.42 Å². The summed E-state index contributed by atoms with van der Waals surface area (Å²) in [6.07, 6.45) is 1.09. The number of hydrogen-bond donors (Lipinski definition) is 0. The van der Waals surface area contributed by atoms with Crippen LogP contribution in [0.15, 0.2) is 30.3 Å². The van der Waals surface area contributed by atoms with Crippen LogP contribution < -0.4 is 0 Å². The lowest BCUT2D eigenvalue weighted by Gasteiger charge is -2.27. The lowest BCUT2D eigenvalue weighted by atomic mass is 10.1. The summed E-state index contributed by atoms with van der Waals surface area (Å²) in [7, 11) is 1.18. The number of carbonyl (C=O) groups excluding carboxylic acids is 1. The average molecular weight is 270 g/mol. The second kappa shape index (κ2) is 5.49. The van der Waals surface area contributed by atoms with Crippen molar-refractivity contribution in [2.24, 2.45) is 0 Å². The third kappa shape index (κ3) is 3.30. The van der Waals surface area contributed by atoms with Gasteiger partial charge in [0.15, 0.2) is 0 Å². The molecule has 18 heavy (non-hydrogen) atoms. The summed E-state index contributed by atoms with van der Waals surface area (Å²) >= 11 is 0. The Morgan fingerprint density at radius 1 is 1.11 bits per heavy atom. The van der Waals surface area contributed by atoms with Crippen molar-refractivity contribution in [2.75, 3.05) is 27.4 Å². The second-order valence-corrected chi connectivity index (χ2v) is 6.37. The van der Waals surface area contributed by atoms with Crippen molar-refractivity contribution in [3.63, 3.8) is 0 Å². The van der Waals surface area contributed by atoms with Crippen LogP contribution in [0, 0.1) is 0 Å². The molecule has 0 unspecified atom stereocenters. The van der Waals surface area contributed by atoms with Gasteiger partial charge in [0.2, 0.25) is 15.9 Å². The van der Waals surface area contributed by atoms with Crippen molar-refractivity contribution in [1.82, 2.24) is 9.21 Å². The maximum Gasteiger partial charge on any atom is 0.245 e. The maximum atomic E-state index is 12.2. The van der Waals surface area contributed by atoms with Gasteiger partial charge < -0.3 is 4.90 Å². The van der Waals surface area contributed by atoms with Crippen molar-refractivity contribution in [3.8, 4) is 0 Å². The minimum Gasteiger partial charge on any atom is -0.347 e. The van der Waals surface area contributed by atoms with E-state index in [0.29, 0.717) is 5.56 Å². The van der Waals surface area contributed by atoms with Gasteiger partial charge >= 0.3 is 0 Å². The molecule has 0 heterocycles. The quantitative estimate of drug-likeness (QED) is 0.809. The number of carbonyl (C=O) groups is 1. The molecule has 0 bridgehead atoms. The Kier molecular flexibility index (Phi) is 4.48. The normalized spacial score (nSPS) is 13.4. The Hall–Kier alpha value is -1.40. The predicted molar refractivity (Wildman–Crippen MR) is 70.5 cm³/mol. The fourth-order valence-corrected chi connectivity index (χ4v) is 2.17. The summed E-state index contributed by atoms with van der Waals surface area (Å²) < 4.78 is 24.3. The Morgan fingerprint density at radius 2 is 1.61 bits per heavy atom. The van der Waals surface area contributed by atoms with E-state index in [1.54, 1.807) is 38.4 Å². The van der Waals surface area contributed by atoms with Gasteiger partial charge in [0.25, 0.3) is 0 Å². The highest BCUT2D eigenvalue weighted by molar-refractivity contribution is 7.88. The molecular formula is C12H18N2O3S. The monoisotopic (exact) mass is 270 g/mol. The smallest absolute Gasteiger partial charge is 0.245 e. The molecule has 0 aliphatic rings. The number of sulfonamides is 1. The van der Waals surface area contributed by atoms with Crippen molar-refractivity contribution in [2.45, 2.75) is 6.04 Å². The van der Waals surface area contributed by atoms with Crippen LogP contribution in [-0.2, 0) is 14.8 Å². The zero-order valence-electron chi connectivity index (χ0n) is 11.0. The third-order valence-corrected chi connectivity index (χ3v) is 3.93. The standard InChI is InChI=1S/C12H18N2O3S/c1-13(2)12(15)11(14(3)18(4,16)17)10-8-6-5-7-9-10/h5-9,11H,1-4H3/t11-/m0/s1. The highest BCUT2D eigenvalue weighted by Gasteiger charge is 2.31. The Bertz CT molecular complexity index is 511. The molecule has 0 aliphatic heterocycles. The predicted octanol–water partition coefficient (Wildman–Crippen LogP) is 0.707. The van der Waals surface area contributed by atoms with Crippen LogP contribution >= 0.6 is 0 Å². The van der Waals surface area contributed by atoms with E-state index in [1.165, 1.54) is 11.9 Å². The zero-order valence-corrected chi connectivity index (χ0v) is 11.8. The number of likely N-dealkylation sites (N-methyl/N-ethyl adjacent to an activating group) is 2. The molecule has 1 aromatic carbocycles. The third-order valence-electron chi connectivity index (χ3n) is 2.68. The molecular weight excluding hydrogens is 252 g/mol. The summed E-state index contributed by atoms with van der Waals surface area (Å²) in [6.45, 7) is 0. The van der Waals surface area contributed by atoms with Crippen LogP contribution in [0.4, 0.5) is 0 Å². The Balaban J connectivity index is 3.24. The van der Waals surface area contributed by atoms with Gasteiger partial charge in [-0.05, 0) is 5.56 Å². The number of benzene rings is 1. The number of nitrogens with zero attached hydrogens (tertiary/aromatic N) is 2. The van der Waals surface area contributed by atoms with Gasteiger partial charge in [-0.3, -0.25) is 4.79 Å². The van der Waals surface area contributed by atoms with E-state index in [9.17, 15) is 13.2 Å². The van der Waals surface area contributed by atoms with Crippen molar-refractivity contribution >= 4 is 15.9 Å². The van der Waals surface area contributed by atoms with Gasteiger partial charge in [0.05, 0.1) is 6.26 Å². The van der Waals surface area contributed by atoms with Crippen LogP contribution in [0.1, 0.15) is 11.6 Å². The van der Waals surface area contributed by atoms with Crippen LogP contribution in [0.25, 0.3) is 0 Å². The molecule has 0 spiro atoms. The van der Waals surface area contributed by atoms with E-state index in [0.717, 1.165) is 10.6 Å². The molecule has 1 rings (SSSR count). The molecule has 0 saturated carbocycles. The Labute approximate surface area is 108 Å². The van der Waals surface area contributed by atoms with Gasteiger partial charge in [-0.15, -0.1) is 0 Å².